The smallest absolute Gasteiger partial charge is 0.340 e. The number of anilines is 1. The topological polar surface area (TPSA) is 99.3 Å². The van der Waals surface area contributed by atoms with E-state index in [4.69, 9.17) is 10.8 Å². The number of aromatic amines is 1. The summed E-state index contributed by atoms with van der Waals surface area (Å²) in [6, 6.07) is 4.41. The van der Waals surface area contributed by atoms with Crippen LogP contribution in [-0.4, -0.2) is 21.2 Å². The maximum Gasteiger partial charge on any atom is 0.340 e. The van der Waals surface area contributed by atoms with Crippen molar-refractivity contribution in [2.24, 2.45) is 0 Å². The molecule has 0 fully saturated rings. The number of carboxylic acid groups (broad SMARTS) is 1. The molecule has 2 aromatic rings. The summed E-state index contributed by atoms with van der Waals surface area (Å²) in [6.45, 7) is 0. The Morgan fingerprint density at radius 1 is 1.43 bits per heavy atom. The van der Waals surface area contributed by atoms with E-state index in [2.05, 4.69) is 4.98 Å². The van der Waals surface area contributed by atoms with Crippen LogP contribution in [0.4, 0.5) is 5.82 Å². The molecule has 0 saturated heterocycles. The number of phenolic OH excluding ortho intramolecular Hbond substituents is 1. The first-order valence-electron chi connectivity index (χ1n) is 3.93. The number of hydrogen-bond donors (Lipinski definition) is 4. The van der Waals surface area contributed by atoms with Crippen LogP contribution in [-0.2, 0) is 0 Å². The van der Waals surface area contributed by atoms with Crippen LogP contribution in [0.3, 0.4) is 0 Å². The molecule has 0 radical (unpaired) electrons. The number of hydrogen-bond acceptors (Lipinski definition) is 3. The van der Waals surface area contributed by atoms with Crippen molar-refractivity contribution in [1.82, 2.24) is 4.98 Å². The molecule has 0 atom stereocenters. The monoisotopic (exact) mass is 192 g/mol. The molecule has 5 N–H and O–H groups in total. The van der Waals surface area contributed by atoms with E-state index in [9.17, 15) is 9.90 Å². The van der Waals surface area contributed by atoms with Gasteiger partial charge in [0.2, 0.25) is 0 Å². The zero-order valence-corrected chi connectivity index (χ0v) is 7.11. The first-order chi connectivity index (χ1) is 6.59. The van der Waals surface area contributed by atoms with Crippen molar-refractivity contribution in [1.29, 1.82) is 0 Å². The van der Waals surface area contributed by atoms with E-state index in [1.165, 1.54) is 12.1 Å². The Labute approximate surface area is 78.8 Å². The highest BCUT2D eigenvalue weighted by atomic mass is 16.4. The summed E-state index contributed by atoms with van der Waals surface area (Å²) in [6.07, 6.45) is 0. The zero-order valence-electron chi connectivity index (χ0n) is 7.11. The third-order valence-corrected chi connectivity index (χ3v) is 2.03. The quantitative estimate of drug-likeness (QED) is 0.544. The van der Waals surface area contributed by atoms with Crippen molar-refractivity contribution >= 4 is 22.7 Å². The lowest BCUT2D eigenvalue weighted by Crippen LogP contribution is -1.99. The molecule has 0 aliphatic carbocycles. The zero-order chi connectivity index (χ0) is 10.3. The molecule has 0 spiro atoms. The second-order valence-corrected chi connectivity index (χ2v) is 2.95. The number of carbonyl (C=O) groups is 1. The summed E-state index contributed by atoms with van der Waals surface area (Å²) in [5.41, 5.74) is 6.08. The Balaban J connectivity index is 2.86. The van der Waals surface area contributed by atoms with Crippen LogP contribution in [0, 0.1) is 0 Å². The second-order valence-electron chi connectivity index (χ2n) is 2.95. The molecule has 0 bridgehead atoms. The normalized spacial score (nSPS) is 10.6. The SMILES string of the molecule is Nc1[nH]c2ccc(O)cc2c1C(=O)O. The van der Waals surface area contributed by atoms with E-state index in [-0.39, 0.29) is 17.1 Å². The van der Waals surface area contributed by atoms with Gasteiger partial charge in [-0.1, -0.05) is 0 Å². The summed E-state index contributed by atoms with van der Waals surface area (Å²) >= 11 is 0. The molecule has 1 aromatic heterocycles. The summed E-state index contributed by atoms with van der Waals surface area (Å²) < 4.78 is 0. The Bertz CT molecular complexity index is 516. The third-order valence-electron chi connectivity index (χ3n) is 2.03. The Morgan fingerprint density at radius 2 is 2.14 bits per heavy atom. The van der Waals surface area contributed by atoms with Gasteiger partial charge in [0, 0.05) is 10.9 Å². The van der Waals surface area contributed by atoms with E-state index >= 15 is 0 Å². The lowest BCUT2D eigenvalue weighted by atomic mass is 10.1. The molecule has 1 heterocycles. The van der Waals surface area contributed by atoms with Crippen LogP contribution in [0.1, 0.15) is 10.4 Å². The van der Waals surface area contributed by atoms with Gasteiger partial charge in [0.15, 0.2) is 0 Å². The van der Waals surface area contributed by atoms with E-state index in [1.54, 1.807) is 6.07 Å². The number of carboxylic acids is 1. The molecule has 0 aliphatic heterocycles. The summed E-state index contributed by atoms with van der Waals surface area (Å²) in [7, 11) is 0. The molecule has 0 saturated carbocycles. The highest BCUT2D eigenvalue weighted by molar-refractivity contribution is 6.08. The van der Waals surface area contributed by atoms with E-state index in [1.807, 2.05) is 0 Å². The maximum absolute atomic E-state index is 10.8. The predicted octanol–water partition coefficient (Wildman–Crippen LogP) is 1.15. The fraction of sp³-hybridized carbons (Fsp3) is 0. The molecule has 5 nitrogen and oxygen atoms in total. The highest BCUT2D eigenvalue weighted by Gasteiger charge is 2.15. The molecule has 2 rings (SSSR count). The van der Waals surface area contributed by atoms with Crippen molar-refractivity contribution in [2.45, 2.75) is 0 Å². The van der Waals surface area contributed by atoms with Crippen molar-refractivity contribution in [2.75, 3.05) is 5.73 Å². The van der Waals surface area contributed by atoms with Crippen LogP contribution in [0.5, 0.6) is 5.75 Å². The van der Waals surface area contributed by atoms with Crippen LogP contribution in [0.2, 0.25) is 0 Å². The standard InChI is InChI=1S/C9H8N2O3/c10-8-7(9(13)14)5-3-4(12)1-2-6(5)11-8/h1-3,11-12H,10H2,(H,13,14). The van der Waals surface area contributed by atoms with Crippen LogP contribution >= 0.6 is 0 Å². The third kappa shape index (κ3) is 1.06. The first kappa shape index (κ1) is 8.43. The molecule has 72 valence electrons. The number of nitrogens with one attached hydrogen (secondary N) is 1. The molecule has 0 amide bonds. The van der Waals surface area contributed by atoms with Gasteiger partial charge in [-0.05, 0) is 18.2 Å². The molecular formula is C9H8N2O3. The summed E-state index contributed by atoms with van der Waals surface area (Å²) in [4.78, 5) is 13.5. The minimum absolute atomic E-state index is 0.00380. The van der Waals surface area contributed by atoms with Crippen molar-refractivity contribution < 1.29 is 15.0 Å². The number of aromatic nitrogens is 1. The first-order valence-corrected chi connectivity index (χ1v) is 3.93. The fourth-order valence-electron chi connectivity index (χ4n) is 1.43. The Kier molecular flexibility index (Phi) is 1.60. The second kappa shape index (κ2) is 2.66. The van der Waals surface area contributed by atoms with Crippen molar-refractivity contribution in [3.8, 4) is 5.75 Å². The van der Waals surface area contributed by atoms with E-state index in [0.717, 1.165) is 0 Å². The van der Waals surface area contributed by atoms with Crippen molar-refractivity contribution in [3.63, 3.8) is 0 Å². The van der Waals surface area contributed by atoms with Gasteiger partial charge in [0.25, 0.3) is 0 Å². The fourth-order valence-corrected chi connectivity index (χ4v) is 1.43. The number of phenols is 1. The van der Waals surface area contributed by atoms with Gasteiger partial charge < -0.3 is 20.9 Å². The number of aromatic carboxylic acids is 1. The summed E-state index contributed by atoms with van der Waals surface area (Å²) in [5.74, 6) is -1.00. The average Bonchev–Trinajstić information content (AvgIpc) is 2.40. The molecule has 5 heteroatoms. The van der Waals surface area contributed by atoms with Gasteiger partial charge in [-0.25, -0.2) is 4.79 Å². The largest absolute Gasteiger partial charge is 0.508 e. The molecule has 1 aromatic carbocycles. The van der Waals surface area contributed by atoms with Crippen LogP contribution in [0.15, 0.2) is 18.2 Å². The minimum atomic E-state index is -1.11. The summed E-state index contributed by atoms with van der Waals surface area (Å²) in [5, 5.41) is 18.5. The molecule has 14 heavy (non-hydrogen) atoms. The van der Waals surface area contributed by atoms with Crippen LogP contribution < -0.4 is 5.73 Å². The van der Waals surface area contributed by atoms with E-state index < -0.39 is 5.97 Å². The number of nitrogen functional groups attached to an aromatic ring is 1. The van der Waals surface area contributed by atoms with Crippen molar-refractivity contribution in [3.05, 3.63) is 23.8 Å². The lowest BCUT2D eigenvalue weighted by molar-refractivity contribution is 0.0700. The number of rotatable bonds is 1. The van der Waals surface area contributed by atoms with Gasteiger partial charge in [0.05, 0.1) is 0 Å². The Hall–Kier alpha value is -2.17. The number of nitrogens with two attached hydrogens (primary N) is 1. The minimum Gasteiger partial charge on any atom is -0.508 e. The number of benzene rings is 1. The number of aromatic hydroxyl groups is 1. The highest BCUT2D eigenvalue weighted by Crippen LogP contribution is 2.27. The Morgan fingerprint density at radius 3 is 2.79 bits per heavy atom. The number of H-pyrrole nitrogens is 1. The van der Waals surface area contributed by atoms with Gasteiger partial charge in [-0.2, -0.15) is 0 Å². The van der Waals surface area contributed by atoms with Gasteiger partial charge in [-0.15, -0.1) is 0 Å². The van der Waals surface area contributed by atoms with Gasteiger partial charge >= 0.3 is 5.97 Å². The van der Waals surface area contributed by atoms with Crippen LogP contribution in [0.25, 0.3) is 10.9 Å². The van der Waals surface area contributed by atoms with Gasteiger partial charge in [0.1, 0.15) is 17.1 Å². The lowest BCUT2D eigenvalue weighted by Gasteiger charge is -1.94. The maximum atomic E-state index is 10.8. The molecular weight excluding hydrogens is 184 g/mol. The van der Waals surface area contributed by atoms with Gasteiger partial charge in [-0.3, -0.25) is 0 Å². The average molecular weight is 192 g/mol. The van der Waals surface area contributed by atoms with E-state index in [0.29, 0.717) is 10.9 Å². The number of fused-ring (bicyclic) bond motifs is 1. The molecule has 0 unspecified atom stereocenters. The molecule has 0 aliphatic rings. The predicted molar refractivity (Wildman–Crippen MR) is 51.3 cm³/mol.